The van der Waals surface area contributed by atoms with Gasteiger partial charge in [-0.05, 0) is 25.7 Å². The molecule has 1 aliphatic heterocycles. The number of hydrogen-bond donors (Lipinski definition) is 3. The van der Waals surface area contributed by atoms with Crippen molar-refractivity contribution in [2.24, 2.45) is 11.7 Å². The molecule has 0 bridgehead atoms. The standard InChI is InChI=1S/C12H21N3O4/c1-8(11(17)18)4-2-6-14-12(19)15-7-3-5-9(15)10(13)16/h8-9H,2-7H2,1H3,(H2,13,16)(H,14,19)(H,17,18). The molecule has 0 spiro atoms. The highest BCUT2D eigenvalue weighted by Gasteiger charge is 2.32. The van der Waals surface area contributed by atoms with Gasteiger partial charge in [0.2, 0.25) is 5.91 Å². The van der Waals surface area contributed by atoms with Gasteiger partial charge in [-0.15, -0.1) is 0 Å². The average Bonchev–Trinajstić information content (AvgIpc) is 2.83. The molecule has 1 rings (SSSR count). The van der Waals surface area contributed by atoms with E-state index in [2.05, 4.69) is 5.32 Å². The molecule has 4 N–H and O–H groups in total. The normalized spacial score (nSPS) is 20.1. The maximum absolute atomic E-state index is 11.8. The highest BCUT2D eigenvalue weighted by Crippen LogP contribution is 2.16. The molecule has 0 aromatic heterocycles. The Morgan fingerprint density at radius 2 is 2.16 bits per heavy atom. The van der Waals surface area contributed by atoms with Crippen molar-refractivity contribution in [3.8, 4) is 0 Å². The molecule has 1 saturated heterocycles. The number of nitrogens with one attached hydrogen (secondary N) is 1. The van der Waals surface area contributed by atoms with Gasteiger partial charge < -0.3 is 21.1 Å². The van der Waals surface area contributed by atoms with Crippen LogP contribution in [0.15, 0.2) is 0 Å². The first-order valence-corrected chi connectivity index (χ1v) is 6.50. The minimum absolute atomic E-state index is 0.302. The summed E-state index contributed by atoms with van der Waals surface area (Å²) in [5, 5.41) is 11.4. The largest absolute Gasteiger partial charge is 0.481 e. The topological polar surface area (TPSA) is 113 Å². The van der Waals surface area contributed by atoms with Crippen LogP contribution in [-0.4, -0.2) is 47.0 Å². The molecule has 1 aliphatic rings. The third kappa shape index (κ3) is 4.42. The van der Waals surface area contributed by atoms with Gasteiger partial charge >= 0.3 is 12.0 Å². The fourth-order valence-electron chi connectivity index (χ4n) is 2.13. The molecule has 7 nitrogen and oxygen atoms in total. The van der Waals surface area contributed by atoms with Gasteiger partial charge in [0.05, 0.1) is 5.92 Å². The van der Waals surface area contributed by atoms with Gasteiger partial charge in [0.15, 0.2) is 0 Å². The van der Waals surface area contributed by atoms with Gasteiger partial charge in [0, 0.05) is 13.1 Å². The van der Waals surface area contributed by atoms with E-state index in [1.807, 2.05) is 0 Å². The molecule has 7 heteroatoms. The number of likely N-dealkylation sites (tertiary alicyclic amines) is 1. The molecule has 1 heterocycles. The molecule has 0 radical (unpaired) electrons. The Bertz CT molecular complexity index is 359. The first-order chi connectivity index (χ1) is 8.93. The Labute approximate surface area is 112 Å². The summed E-state index contributed by atoms with van der Waals surface area (Å²) in [5.41, 5.74) is 5.23. The van der Waals surface area contributed by atoms with Crippen LogP contribution in [0.4, 0.5) is 4.79 Å². The summed E-state index contributed by atoms with van der Waals surface area (Å²) in [6.45, 7) is 2.57. The molecule has 19 heavy (non-hydrogen) atoms. The van der Waals surface area contributed by atoms with Crippen molar-refractivity contribution in [1.82, 2.24) is 10.2 Å². The number of nitrogens with two attached hydrogens (primary N) is 1. The van der Waals surface area contributed by atoms with Gasteiger partial charge in [-0.25, -0.2) is 4.79 Å². The lowest BCUT2D eigenvalue weighted by Gasteiger charge is -2.22. The SMILES string of the molecule is CC(CCCNC(=O)N1CCCC1C(N)=O)C(=O)O. The molecule has 0 aromatic rings. The Morgan fingerprint density at radius 1 is 1.47 bits per heavy atom. The van der Waals surface area contributed by atoms with Crippen molar-refractivity contribution < 1.29 is 19.5 Å². The number of carboxylic acid groups (broad SMARTS) is 1. The summed E-state index contributed by atoms with van der Waals surface area (Å²) < 4.78 is 0. The van der Waals surface area contributed by atoms with E-state index in [1.165, 1.54) is 4.90 Å². The summed E-state index contributed by atoms with van der Waals surface area (Å²) in [7, 11) is 0. The maximum Gasteiger partial charge on any atom is 0.318 e. The number of carbonyl (C=O) groups excluding carboxylic acids is 2. The van der Waals surface area contributed by atoms with Crippen molar-refractivity contribution in [2.75, 3.05) is 13.1 Å². The van der Waals surface area contributed by atoms with Crippen LogP contribution in [0.1, 0.15) is 32.6 Å². The highest BCUT2D eigenvalue weighted by molar-refractivity contribution is 5.86. The summed E-state index contributed by atoms with van der Waals surface area (Å²) >= 11 is 0. The number of carbonyl (C=O) groups is 3. The van der Waals surface area contributed by atoms with Crippen molar-refractivity contribution in [2.45, 2.75) is 38.6 Å². The summed E-state index contributed by atoms with van der Waals surface area (Å²) in [6, 6.07) is -0.817. The summed E-state index contributed by atoms with van der Waals surface area (Å²) in [5.74, 6) is -1.73. The smallest absolute Gasteiger partial charge is 0.318 e. The van der Waals surface area contributed by atoms with E-state index in [9.17, 15) is 14.4 Å². The van der Waals surface area contributed by atoms with Gasteiger partial charge in [-0.3, -0.25) is 9.59 Å². The first kappa shape index (κ1) is 15.3. The number of primary amides is 1. The number of rotatable bonds is 6. The van der Waals surface area contributed by atoms with E-state index >= 15 is 0 Å². The van der Waals surface area contributed by atoms with Gasteiger partial charge in [-0.2, -0.15) is 0 Å². The fraction of sp³-hybridized carbons (Fsp3) is 0.750. The van der Waals surface area contributed by atoms with Crippen LogP contribution in [0.2, 0.25) is 0 Å². The van der Waals surface area contributed by atoms with Gasteiger partial charge in [0.1, 0.15) is 6.04 Å². The van der Waals surface area contributed by atoms with E-state index in [0.29, 0.717) is 32.4 Å². The zero-order valence-electron chi connectivity index (χ0n) is 11.1. The second kappa shape index (κ2) is 6.96. The average molecular weight is 271 g/mol. The fourth-order valence-corrected chi connectivity index (χ4v) is 2.13. The third-order valence-corrected chi connectivity index (χ3v) is 3.35. The lowest BCUT2D eigenvalue weighted by Crippen LogP contribution is -2.48. The van der Waals surface area contributed by atoms with E-state index < -0.39 is 23.8 Å². The van der Waals surface area contributed by atoms with Crippen molar-refractivity contribution in [1.29, 1.82) is 0 Å². The first-order valence-electron chi connectivity index (χ1n) is 6.50. The van der Waals surface area contributed by atoms with Crippen molar-refractivity contribution >= 4 is 17.9 Å². The van der Waals surface area contributed by atoms with Crippen molar-refractivity contribution in [3.05, 3.63) is 0 Å². The molecule has 2 unspecified atom stereocenters. The highest BCUT2D eigenvalue weighted by atomic mass is 16.4. The van der Waals surface area contributed by atoms with E-state index in [-0.39, 0.29) is 6.03 Å². The Kier molecular flexibility index (Phi) is 5.59. The minimum Gasteiger partial charge on any atom is -0.481 e. The number of carboxylic acids is 1. The molecule has 0 aliphatic carbocycles. The number of hydrogen-bond acceptors (Lipinski definition) is 3. The molecule has 3 amide bonds. The number of amides is 3. The van der Waals surface area contributed by atoms with Crippen LogP contribution in [-0.2, 0) is 9.59 Å². The van der Waals surface area contributed by atoms with E-state index in [0.717, 1.165) is 6.42 Å². The van der Waals surface area contributed by atoms with E-state index in [1.54, 1.807) is 6.92 Å². The monoisotopic (exact) mass is 271 g/mol. The summed E-state index contributed by atoms with van der Waals surface area (Å²) in [6.07, 6.45) is 2.49. The number of urea groups is 1. The quantitative estimate of drug-likeness (QED) is 0.596. The zero-order chi connectivity index (χ0) is 14.4. The molecule has 1 fully saturated rings. The Morgan fingerprint density at radius 3 is 2.74 bits per heavy atom. The van der Waals surface area contributed by atoms with Crippen LogP contribution in [0.5, 0.6) is 0 Å². The molecule has 0 saturated carbocycles. The number of nitrogens with zero attached hydrogens (tertiary/aromatic N) is 1. The molecule has 108 valence electrons. The van der Waals surface area contributed by atoms with Crippen LogP contribution in [0.3, 0.4) is 0 Å². The predicted molar refractivity (Wildman–Crippen MR) is 68.4 cm³/mol. The van der Waals surface area contributed by atoms with Gasteiger partial charge in [-0.1, -0.05) is 6.92 Å². The minimum atomic E-state index is -0.834. The molecular weight excluding hydrogens is 250 g/mol. The molecule has 2 atom stereocenters. The summed E-state index contributed by atoms with van der Waals surface area (Å²) in [4.78, 5) is 35.0. The van der Waals surface area contributed by atoms with E-state index in [4.69, 9.17) is 10.8 Å². The van der Waals surface area contributed by atoms with Gasteiger partial charge in [0.25, 0.3) is 0 Å². The van der Waals surface area contributed by atoms with Crippen LogP contribution in [0, 0.1) is 5.92 Å². The predicted octanol–water partition coefficient (Wildman–Crippen LogP) is 0.147. The van der Waals surface area contributed by atoms with Crippen LogP contribution < -0.4 is 11.1 Å². The van der Waals surface area contributed by atoms with Crippen LogP contribution in [0.25, 0.3) is 0 Å². The zero-order valence-corrected chi connectivity index (χ0v) is 11.1. The lowest BCUT2D eigenvalue weighted by molar-refractivity contribution is -0.141. The maximum atomic E-state index is 11.8. The second-order valence-electron chi connectivity index (χ2n) is 4.87. The Hall–Kier alpha value is -1.79. The lowest BCUT2D eigenvalue weighted by atomic mass is 10.1. The molecular formula is C12H21N3O4. The second-order valence-corrected chi connectivity index (χ2v) is 4.87. The molecule has 0 aromatic carbocycles. The van der Waals surface area contributed by atoms with Crippen LogP contribution >= 0.6 is 0 Å². The third-order valence-electron chi connectivity index (χ3n) is 3.35. The Balaban J connectivity index is 2.28. The van der Waals surface area contributed by atoms with Crippen molar-refractivity contribution in [3.63, 3.8) is 0 Å². The number of aliphatic carboxylic acids is 1.